The molecule has 148 valence electrons. The molecule has 0 radical (unpaired) electrons. The molecule has 11 nitrogen and oxygen atoms in total. The molecule has 0 saturated carbocycles. The smallest absolute Gasteiger partial charge is 0.365 e. The summed E-state index contributed by atoms with van der Waals surface area (Å²) in [6.45, 7) is 1.84. The predicted molar refractivity (Wildman–Crippen MR) is 106 cm³/mol. The molecule has 1 heterocycles. The van der Waals surface area contributed by atoms with E-state index >= 15 is 0 Å². The number of nitrogens with zero attached hydrogens (tertiary/aromatic N) is 6. The number of benzene rings is 2. The summed E-state index contributed by atoms with van der Waals surface area (Å²) < 4.78 is 6.50. The monoisotopic (exact) mass is 413 g/mol. The molecule has 29 heavy (non-hydrogen) atoms. The van der Waals surface area contributed by atoms with Gasteiger partial charge in [-0.05, 0) is 53.4 Å². The van der Waals surface area contributed by atoms with Gasteiger partial charge in [-0.1, -0.05) is 18.2 Å². The van der Waals surface area contributed by atoms with Crippen molar-refractivity contribution in [3.05, 3.63) is 64.7 Å². The molecule has 1 N–H and O–H groups in total. The maximum Gasteiger partial charge on any atom is 0.365 e. The molecular weight excluding hydrogens is 398 g/mol. The third-order valence-corrected chi connectivity index (χ3v) is 4.33. The number of non-ortho nitro benzene ring substituents is 1. The quantitative estimate of drug-likeness (QED) is 0.161. The average Bonchev–Trinajstić information content (AvgIpc) is 3.20. The molecule has 0 unspecified atom stereocenters. The van der Waals surface area contributed by atoms with Gasteiger partial charge in [0.15, 0.2) is 0 Å². The van der Waals surface area contributed by atoms with E-state index < -0.39 is 10.9 Å². The molecular formula is C17H15N7O4S. The van der Waals surface area contributed by atoms with Crippen molar-refractivity contribution in [2.24, 2.45) is 5.10 Å². The summed E-state index contributed by atoms with van der Waals surface area (Å²) in [5, 5.41) is 26.6. The molecule has 1 aromatic heterocycles. The summed E-state index contributed by atoms with van der Waals surface area (Å²) in [6, 6.07) is 14.8. The highest BCUT2D eigenvalue weighted by atomic mass is 32.2. The number of hydrazone groups is 1. The van der Waals surface area contributed by atoms with Crippen LogP contribution in [0.25, 0.3) is 5.69 Å². The van der Waals surface area contributed by atoms with Crippen LogP contribution in [0, 0.1) is 10.1 Å². The van der Waals surface area contributed by atoms with Crippen LogP contribution in [-0.4, -0.2) is 42.8 Å². The lowest BCUT2D eigenvalue weighted by atomic mass is 10.3. The maximum absolute atomic E-state index is 12.3. The molecule has 0 aliphatic rings. The number of esters is 1. The lowest BCUT2D eigenvalue weighted by Crippen LogP contribution is -2.17. The second-order valence-electron chi connectivity index (χ2n) is 5.36. The van der Waals surface area contributed by atoms with Crippen LogP contribution in [0.1, 0.15) is 6.92 Å². The number of para-hydroxylation sites is 1. The van der Waals surface area contributed by atoms with Gasteiger partial charge in [0.05, 0.1) is 22.9 Å². The van der Waals surface area contributed by atoms with Gasteiger partial charge in [0.25, 0.3) is 5.69 Å². The standard InChI is InChI=1S/C17H15N7O4S/c1-2-28-16(25)15(19-18-12-8-10-14(11-9-12)24(26)27)29-17-20-21-22-23(17)13-6-4-3-5-7-13/h3-11,18H,2H2,1H3/b19-15+. The fraction of sp³-hybridized carbons (Fsp3) is 0.118. The van der Waals surface area contributed by atoms with Crippen molar-refractivity contribution in [1.82, 2.24) is 20.2 Å². The van der Waals surface area contributed by atoms with E-state index in [2.05, 4.69) is 26.1 Å². The molecule has 0 fully saturated rings. The normalized spacial score (nSPS) is 11.1. The molecule has 0 spiro atoms. The minimum Gasteiger partial charge on any atom is -0.461 e. The molecule has 3 aromatic rings. The Bertz CT molecular complexity index is 1020. The number of hydrogen-bond donors (Lipinski definition) is 1. The molecule has 0 aliphatic heterocycles. The Balaban J connectivity index is 1.83. The number of tetrazole rings is 1. The van der Waals surface area contributed by atoms with E-state index in [1.807, 2.05) is 30.3 Å². The van der Waals surface area contributed by atoms with E-state index in [4.69, 9.17) is 4.74 Å². The number of thioether (sulfide) groups is 1. The van der Waals surface area contributed by atoms with Gasteiger partial charge >= 0.3 is 5.97 Å². The molecule has 0 saturated heterocycles. The number of nitrogens with one attached hydrogen (secondary N) is 1. The first kappa shape index (κ1) is 19.9. The van der Waals surface area contributed by atoms with Crippen LogP contribution in [0.3, 0.4) is 0 Å². The Morgan fingerprint density at radius 2 is 1.97 bits per heavy atom. The van der Waals surface area contributed by atoms with E-state index in [0.29, 0.717) is 16.5 Å². The molecule has 0 bridgehead atoms. The van der Waals surface area contributed by atoms with E-state index in [1.165, 1.54) is 28.9 Å². The van der Waals surface area contributed by atoms with Crippen molar-refractivity contribution in [2.45, 2.75) is 12.1 Å². The van der Waals surface area contributed by atoms with Gasteiger partial charge in [-0.15, -0.1) is 5.10 Å². The molecule has 0 aliphatic carbocycles. The first-order chi connectivity index (χ1) is 14.1. The van der Waals surface area contributed by atoms with Gasteiger partial charge in [-0.2, -0.15) is 9.78 Å². The summed E-state index contributed by atoms with van der Waals surface area (Å²) in [4.78, 5) is 22.5. The molecule has 3 rings (SSSR count). The van der Waals surface area contributed by atoms with Gasteiger partial charge in [-0.25, -0.2) is 4.79 Å². The summed E-state index contributed by atoms with van der Waals surface area (Å²) >= 11 is 0.924. The Morgan fingerprint density at radius 1 is 1.24 bits per heavy atom. The number of rotatable bonds is 6. The number of carbonyl (C=O) groups excluding carboxylic acids is 1. The summed E-state index contributed by atoms with van der Waals surface area (Å²) in [5.74, 6) is -0.658. The van der Waals surface area contributed by atoms with Crippen molar-refractivity contribution >= 4 is 34.1 Å². The molecule has 12 heteroatoms. The Hall–Kier alpha value is -3.80. The number of ether oxygens (including phenoxy) is 1. The zero-order valence-electron chi connectivity index (χ0n) is 15.1. The van der Waals surface area contributed by atoms with Crippen LogP contribution in [0.5, 0.6) is 0 Å². The zero-order chi connectivity index (χ0) is 20.6. The second-order valence-corrected chi connectivity index (χ2v) is 6.32. The lowest BCUT2D eigenvalue weighted by molar-refractivity contribution is -0.384. The topological polar surface area (TPSA) is 137 Å². The van der Waals surface area contributed by atoms with Crippen LogP contribution in [0.15, 0.2) is 64.9 Å². The summed E-state index contributed by atoms with van der Waals surface area (Å²) in [5.41, 5.74) is 3.81. The Labute approximate surface area is 168 Å². The number of nitro groups is 1. The number of aromatic nitrogens is 4. The van der Waals surface area contributed by atoms with E-state index in [9.17, 15) is 14.9 Å². The van der Waals surface area contributed by atoms with Crippen LogP contribution >= 0.6 is 11.8 Å². The summed E-state index contributed by atoms with van der Waals surface area (Å²) in [6.07, 6.45) is 0. The number of nitro benzene ring substituents is 1. The highest BCUT2D eigenvalue weighted by Gasteiger charge is 2.20. The fourth-order valence-corrected chi connectivity index (χ4v) is 2.85. The minimum absolute atomic E-state index is 0.0304. The third kappa shape index (κ3) is 5.13. The largest absolute Gasteiger partial charge is 0.461 e. The Kier molecular flexibility index (Phi) is 6.47. The minimum atomic E-state index is -0.658. The SMILES string of the molecule is CCOC(=O)/C(=N\Nc1ccc([N+](=O)[O-])cc1)Sc1nnnn1-c1ccccc1. The number of carbonyl (C=O) groups is 1. The predicted octanol–water partition coefficient (Wildman–Crippen LogP) is 2.65. The lowest BCUT2D eigenvalue weighted by Gasteiger charge is -2.07. The second kappa shape index (κ2) is 9.41. The fourth-order valence-electron chi connectivity index (χ4n) is 2.14. The van der Waals surface area contributed by atoms with Crippen molar-refractivity contribution in [3.8, 4) is 5.69 Å². The van der Waals surface area contributed by atoms with E-state index in [0.717, 1.165) is 11.8 Å². The highest BCUT2D eigenvalue weighted by Crippen LogP contribution is 2.21. The van der Waals surface area contributed by atoms with E-state index in [-0.39, 0.29) is 17.3 Å². The van der Waals surface area contributed by atoms with E-state index in [1.54, 1.807) is 6.92 Å². The van der Waals surface area contributed by atoms with Crippen molar-refractivity contribution in [1.29, 1.82) is 0 Å². The van der Waals surface area contributed by atoms with Crippen LogP contribution in [-0.2, 0) is 9.53 Å². The van der Waals surface area contributed by atoms with Crippen LogP contribution in [0.2, 0.25) is 0 Å². The Morgan fingerprint density at radius 3 is 2.62 bits per heavy atom. The number of hydrogen-bond acceptors (Lipinski definition) is 10. The number of anilines is 1. The summed E-state index contributed by atoms with van der Waals surface area (Å²) in [7, 11) is 0. The first-order valence-corrected chi connectivity index (χ1v) is 9.17. The molecule has 0 amide bonds. The van der Waals surface area contributed by atoms with Crippen LogP contribution in [0.4, 0.5) is 11.4 Å². The van der Waals surface area contributed by atoms with Crippen molar-refractivity contribution in [3.63, 3.8) is 0 Å². The third-order valence-electron chi connectivity index (χ3n) is 3.44. The zero-order valence-corrected chi connectivity index (χ0v) is 15.9. The maximum atomic E-state index is 12.3. The van der Waals surface area contributed by atoms with Crippen molar-refractivity contribution < 1.29 is 14.5 Å². The highest BCUT2D eigenvalue weighted by molar-refractivity contribution is 8.15. The van der Waals surface area contributed by atoms with Gasteiger partial charge in [0.2, 0.25) is 10.2 Å². The molecule has 2 aromatic carbocycles. The van der Waals surface area contributed by atoms with Crippen molar-refractivity contribution in [2.75, 3.05) is 12.0 Å². The average molecular weight is 413 g/mol. The van der Waals surface area contributed by atoms with Gasteiger partial charge in [0, 0.05) is 12.1 Å². The van der Waals surface area contributed by atoms with Gasteiger partial charge in [0.1, 0.15) is 0 Å². The van der Waals surface area contributed by atoms with Gasteiger partial charge in [-0.3, -0.25) is 15.5 Å². The first-order valence-electron chi connectivity index (χ1n) is 8.35. The van der Waals surface area contributed by atoms with Crippen LogP contribution < -0.4 is 5.43 Å². The molecule has 0 atom stereocenters. The van der Waals surface area contributed by atoms with Gasteiger partial charge < -0.3 is 4.74 Å².